The summed E-state index contributed by atoms with van der Waals surface area (Å²) in [6.07, 6.45) is 3.40. The third-order valence-electron chi connectivity index (χ3n) is 11.3. The molecule has 48 heavy (non-hydrogen) atoms. The van der Waals surface area contributed by atoms with E-state index in [0.717, 1.165) is 51.9 Å². The molecule has 2 aromatic heterocycles. The monoisotopic (exact) mass is 653 g/mol. The zero-order valence-corrected chi connectivity index (χ0v) is 28.1. The molecule has 9 nitrogen and oxygen atoms in total. The molecular formula is C37H41F2N7O2. The number of aryl methyl sites for hydroxylation is 1. The zero-order chi connectivity index (χ0) is 33.9. The van der Waals surface area contributed by atoms with Crippen LogP contribution in [-0.2, 0) is 10.2 Å². The van der Waals surface area contributed by atoms with Gasteiger partial charge in [-0.3, -0.25) is 14.5 Å². The van der Waals surface area contributed by atoms with Crippen LogP contribution >= 0.6 is 0 Å². The number of aromatic nitrogens is 3. The number of alkyl halides is 2. The maximum atomic E-state index is 13.9. The van der Waals surface area contributed by atoms with E-state index in [9.17, 15) is 18.4 Å². The first kappa shape index (κ1) is 30.9. The normalized spacial score (nSPS) is 25.3. The summed E-state index contributed by atoms with van der Waals surface area (Å²) in [6, 6.07) is 14.2. The number of benzene rings is 2. The number of pyridine rings is 1. The number of amides is 2. The number of carbonyl (C=O) groups is 2. The summed E-state index contributed by atoms with van der Waals surface area (Å²) in [4.78, 5) is 40.5. The highest BCUT2D eigenvalue weighted by Gasteiger charge is 2.72. The largest absolute Gasteiger partial charge is 0.355 e. The maximum Gasteiger partial charge on any atom is 0.257 e. The predicted molar refractivity (Wildman–Crippen MR) is 182 cm³/mol. The van der Waals surface area contributed by atoms with E-state index in [1.165, 1.54) is 0 Å². The van der Waals surface area contributed by atoms with Crippen molar-refractivity contribution in [3.8, 4) is 11.3 Å². The molecule has 0 radical (unpaired) electrons. The summed E-state index contributed by atoms with van der Waals surface area (Å²) in [5.41, 5.74) is 6.57. The summed E-state index contributed by atoms with van der Waals surface area (Å²) >= 11 is 0. The molecule has 8 rings (SSSR count). The smallest absolute Gasteiger partial charge is 0.257 e. The number of carbonyl (C=O) groups excluding carboxylic acids is 2. The lowest BCUT2D eigenvalue weighted by atomic mass is 9.83. The van der Waals surface area contributed by atoms with Gasteiger partial charge in [0.1, 0.15) is 5.52 Å². The number of imidazole rings is 1. The first-order chi connectivity index (χ1) is 22.8. The highest BCUT2D eigenvalue weighted by molar-refractivity contribution is 6.09. The van der Waals surface area contributed by atoms with Gasteiger partial charge in [-0.15, -0.1) is 0 Å². The molecule has 250 valence electrons. The van der Waals surface area contributed by atoms with E-state index in [4.69, 9.17) is 9.97 Å². The van der Waals surface area contributed by atoms with E-state index in [0.29, 0.717) is 30.2 Å². The standard InChI is InChI=1S/C37H41F2N7O2/c1-19(2)45-18-41-30-15-29(43-33(32(30)45)42-22-9-7-20(3)25(12-22)34(47)40-6)21-8-10-26-31(11-21)46(35(48)36(26,4)5)24-13-23(14-24)44-16-27-28(17-44)37(27,38)39/h7-12,15,18-19,23-24,27-28H,13-14,16-17H2,1-6H3,(H,40,47)(H,42,43). The van der Waals surface area contributed by atoms with Crippen LogP contribution in [0.1, 0.15) is 68.1 Å². The molecule has 0 spiro atoms. The third-order valence-corrected chi connectivity index (χ3v) is 11.3. The summed E-state index contributed by atoms with van der Waals surface area (Å²) in [6.45, 7) is 11.0. The molecule has 2 N–H and O–H groups in total. The lowest BCUT2D eigenvalue weighted by Crippen LogP contribution is -2.56. The third kappa shape index (κ3) is 4.57. The average Bonchev–Trinajstić information content (AvgIpc) is 3.48. The highest BCUT2D eigenvalue weighted by atomic mass is 19.3. The van der Waals surface area contributed by atoms with Gasteiger partial charge in [-0.1, -0.05) is 18.2 Å². The van der Waals surface area contributed by atoms with Crippen molar-refractivity contribution in [3.63, 3.8) is 0 Å². The molecule has 2 aliphatic carbocycles. The second-order valence-electron chi connectivity index (χ2n) is 14.9. The molecule has 2 aliphatic heterocycles. The minimum Gasteiger partial charge on any atom is -0.355 e. The van der Waals surface area contributed by atoms with Crippen LogP contribution < -0.4 is 15.5 Å². The van der Waals surface area contributed by atoms with Crippen molar-refractivity contribution in [1.82, 2.24) is 24.8 Å². The number of hydrogen-bond donors (Lipinski definition) is 2. The number of hydrogen-bond acceptors (Lipinski definition) is 6. The molecule has 2 amide bonds. The lowest BCUT2D eigenvalue weighted by Gasteiger charge is -2.46. The predicted octanol–water partition coefficient (Wildman–Crippen LogP) is 6.44. The molecule has 2 atom stereocenters. The van der Waals surface area contributed by atoms with Crippen LogP contribution in [0.5, 0.6) is 0 Å². The Hall–Kier alpha value is -4.38. The Labute approximate surface area is 278 Å². The van der Waals surface area contributed by atoms with E-state index >= 15 is 0 Å². The molecule has 4 aromatic rings. The molecular weight excluding hydrogens is 612 g/mol. The fraction of sp³-hybridized carbons (Fsp3) is 0.459. The Balaban J connectivity index is 1.13. The van der Waals surface area contributed by atoms with E-state index in [-0.39, 0.29) is 29.9 Å². The van der Waals surface area contributed by atoms with Crippen LogP contribution in [0.25, 0.3) is 22.3 Å². The first-order valence-electron chi connectivity index (χ1n) is 16.9. The first-order valence-corrected chi connectivity index (χ1v) is 16.9. The molecule has 2 aromatic carbocycles. The molecule has 0 bridgehead atoms. The fourth-order valence-electron chi connectivity index (χ4n) is 8.11. The lowest BCUT2D eigenvalue weighted by molar-refractivity contribution is -0.123. The second-order valence-corrected chi connectivity index (χ2v) is 14.9. The number of nitrogens with one attached hydrogen (secondary N) is 2. The fourth-order valence-corrected chi connectivity index (χ4v) is 8.11. The van der Waals surface area contributed by atoms with Gasteiger partial charge in [0.15, 0.2) is 5.82 Å². The van der Waals surface area contributed by atoms with E-state index in [2.05, 4.69) is 40.0 Å². The quantitative estimate of drug-likeness (QED) is 0.238. The highest BCUT2D eigenvalue weighted by Crippen LogP contribution is 2.60. The SMILES string of the molecule is CNC(=O)c1cc(Nc2nc(-c3ccc4c(c3)N(C3CC(N5CC6C(C5)C6(F)F)C3)C(=O)C4(C)C)cc3ncn(C(C)C)c23)ccc1C. The van der Waals surface area contributed by atoms with Crippen molar-refractivity contribution >= 4 is 40.0 Å². The molecule has 1 saturated heterocycles. The van der Waals surface area contributed by atoms with Crippen molar-refractivity contribution in [2.24, 2.45) is 11.8 Å². The number of fused-ring (bicyclic) bond motifs is 3. The number of nitrogens with zero attached hydrogens (tertiary/aromatic N) is 5. The number of likely N-dealkylation sites (tertiary alicyclic amines) is 1. The van der Waals surface area contributed by atoms with Crippen molar-refractivity contribution in [2.75, 3.05) is 30.4 Å². The van der Waals surface area contributed by atoms with Crippen molar-refractivity contribution < 1.29 is 18.4 Å². The Morgan fingerprint density at radius 1 is 1.02 bits per heavy atom. The number of halogens is 2. The molecule has 3 fully saturated rings. The van der Waals surface area contributed by atoms with Crippen LogP contribution in [0.2, 0.25) is 0 Å². The number of rotatable bonds is 7. The van der Waals surface area contributed by atoms with E-state index < -0.39 is 23.2 Å². The van der Waals surface area contributed by atoms with Crippen LogP contribution in [-0.4, -0.2) is 69.4 Å². The van der Waals surface area contributed by atoms with Gasteiger partial charge >= 0.3 is 0 Å². The Bertz CT molecular complexity index is 1980. The van der Waals surface area contributed by atoms with Crippen LogP contribution in [0.15, 0.2) is 48.8 Å². The Morgan fingerprint density at radius 3 is 2.44 bits per heavy atom. The Kier molecular flexibility index (Phi) is 6.80. The topological polar surface area (TPSA) is 95.4 Å². The van der Waals surface area contributed by atoms with Crippen LogP contribution in [0.3, 0.4) is 0 Å². The van der Waals surface area contributed by atoms with Gasteiger partial charge in [0.25, 0.3) is 11.8 Å². The minimum absolute atomic E-state index is 0.0289. The van der Waals surface area contributed by atoms with Gasteiger partial charge in [-0.2, -0.15) is 0 Å². The zero-order valence-electron chi connectivity index (χ0n) is 28.1. The molecule has 11 heteroatoms. The van der Waals surface area contributed by atoms with Gasteiger partial charge in [0, 0.05) is 72.6 Å². The second kappa shape index (κ2) is 10.6. The average molecular weight is 654 g/mol. The Morgan fingerprint density at radius 2 is 1.75 bits per heavy atom. The van der Waals surface area contributed by atoms with Gasteiger partial charge < -0.3 is 20.1 Å². The molecule has 4 heterocycles. The minimum atomic E-state index is -2.49. The van der Waals surface area contributed by atoms with Gasteiger partial charge in [0.05, 0.1) is 23.0 Å². The summed E-state index contributed by atoms with van der Waals surface area (Å²) in [5, 5.41) is 6.19. The van der Waals surface area contributed by atoms with Gasteiger partial charge in [0.2, 0.25) is 5.91 Å². The summed E-state index contributed by atoms with van der Waals surface area (Å²) in [5.74, 6) is -2.95. The number of anilines is 3. The van der Waals surface area contributed by atoms with Crippen molar-refractivity contribution in [1.29, 1.82) is 0 Å². The van der Waals surface area contributed by atoms with Crippen molar-refractivity contribution in [3.05, 3.63) is 65.5 Å². The summed E-state index contributed by atoms with van der Waals surface area (Å²) < 4.78 is 29.7. The van der Waals surface area contributed by atoms with Crippen LogP contribution in [0, 0.1) is 18.8 Å². The molecule has 2 saturated carbocycles. The van der Waals surface area contributed by atoms with E-state index in [1.807, 2.05) is 68.4 Å². The maximum absolute atomic E-state index is 13.9. The molecule has 2 unspecified atom stereocenters. The molecule has 4 aliphatic rings. The van der Waals surface area contributed by atoms with Crippen LogP contribution in [0.4, 0.5) is 26.0 Å². The van der Waals surface area contributed by atoms with Gasteiger partial charge in [-0.25, -0.2) is 18.7 Å². The summed E-state index contributed by atoms with van der Waals surface area (Å²) in [7, 11) is 1.62. The number of piperidine rings is 1. The van der Waals surface area contributed by atoms with Crippen molar-refractivity contribution in [2.45, 2.75) is 76.9 Å². The van der Waals surface area contributed by atoms with E-state index in [1.54, 1.807) is 7.05 Å². The van der Waals surface area contributed by atoms with Gasteiger partial charge in [-0.05, 0) is 82.9 Å².